The summed E-state index contributed by atoms with van der Waals surface area (Å²) in [5, 5.41) is 17.3. The third kappa shape index (κ3) is 3.02. The van der Waals surface area contributed by atoms with Crippen LogP contribution in [0.25, 0.3) is 0 Å². The van der Waals surface area contributed by atoms with Crippen LogP contribution in [0.2, 0.25) is 0 Å². The lowest BCUT2D eigenvalue weighted by molar-refractivity contribution is -0.133. The van der Waals surface area contributed by atoms with E-state index in [9.17, 15) is 9.00 Å². The summed E-state index contributed by atoms with van der Waals surface area (Å²) >= 11 is 1.14. The molecule has 1 aliphatic rings. The third-order valence-corrected chi connectivity index (χ3v) is 4.88. The van der Waals surface area contributed by atoms with E-state index in [-0.39, 0.29) is 5.75 Å². The Bertz CT molecular complexity index is 466. The maximum Gasteiger partial charge on any atom is 0.313 e. The fraction of sp³-hybridized carbons (Fsp3) is 0.667. The summed E-state index contributed by atoms with van der Waals surface area (Å²) in [7, 11) is 1.08. The molecule has 1 aromatic heterocycles. The molecular weight excluding hydrogens is 276 g/mol. The zero-order valence-electron chi connectivity index (χ0n) is 9.90. The Morgan fingerprint density at radius 3 is 2.72 bits per heavy atom. The lowest BCUT2D eigenvalue weighted by Crippen LogP contribution is -2.39. The van der Waals surface area contributed by atoms with Crippen molar-refractivity contribution in [3.63, 3.8) is 0 Å². The van der Waals surface area contributed by atoms with E-state index in [1.165, 1.54) is 0 Å². The van der Waals surface area contributed by atoms with E-state index in [0.717, 1.165) is 11.8 Å². The molecule has 100 valence electrons. The maximum atomic E-state index is 11.3. The monoisotopic (exact) mass is 290 g/mol. The Kier molecular flexibility index (Phi) is 4.23. The lowest BCUT2D eigenvalue weighted by Gasteiger charge is -2.26. The summed E-state index contributed by atoms with van der Waals surface area (Å²) in [5.41, 5.74) is 0. The normalized spacial score (nSPS) is 17.1. The van der Waals surface area contributed by atoms with Crippen molar-refractivity contribution in [1.82, 2.24) is 14.8 Å². The molecule has 2 heterocycles. The Hall–Kier alpha value is -1.09. The minimum atomic E-state index is -0.877. The second-order valence-electron chi connectivity index (χ2n) is 3.86. The molecule has 1 aliphatic heterocycles. The number of hydrogen-bond donors (Lipinski definition) is 1. The quantitative estimate of drug-likeness (QED) is 0.752. The fourth-order valence-corrected chi connectivity index (χ4v) is 3.35. The molecule has 1 fully saturated rings. The van der Waals surface area contributed by atoms with Gasteiger partial charge in [0.25, 0.3) is 0 Å². The molecule has 0 amide bonds. The summed E-state index contributed by atoms with van der Waals surface area (Å²) < 4.78 is 13.1. The number of aliphatic carboxylic acids is 1. The highest BCUT2D eigenvalue weighted by atomic mass is 32.2. The van der Waals surface area contributed by atoms with Crippen molar-refractivity contribution in [2.24, 2.45) is 7.05 Å². The van der Waals surface area contributed by atoms with E-state index < -0.39 is 16.8 Å². The van der Waals surface area contributed by atoms with Crippen molar-refractivity contribution in [3.8, 4) is 0 Å². The van der Waals surface area contributed by atoms with Crippen LogP contribution in [-0.4, -0.2) is 60.4 Å². The molecule has 2 rings (SSSR count). The highest BCUT2D eigenvalue weighted by Crippen LogP contribution is 2.20. The van der Waals surface area contributed by atoms with Crippen LogP contribution in [0, 0.1) is 0 Å². The second-order valence-corrected chi connectivity index (χ2v) is 6.50. The predicted molar refractivity (Wildman–Crippen MR) is 69.5 cm³/mol. The Labute approximate surface area is 111 Å². The van der Waals surface area contributed by atoms with Gasteiger partial charge in [0.15, 0.2) is 5.16 Å². The predicted octanol–water partition coefficient (Wildman–Crippen LogP) is -0.439. The van der Waals surface area contributed by atoms with Gasteiger partial charge in [-0.1, -0.05) is 11.8 Å². The van der Waals surface area contributed by atoms with Crippen LogP contribution >= 0.6 is 11.8 Å². The van der Waals surface area contributed by atoms with Gasteiger partial charge < -0.3 is 10.0 Å². The summed E-state index contributed by atoms with van der Waals surface area (Å²) in [6.07, 6.45) is 0. The van der Waals surface area contributed by atoms with E-state index in [0.29, 0.717) is 35.7 Å². The van der Waals surface area contributed by atoms with Gasteiger partial charge >= 0.3 is 5.97 Å². The highest BCUT2D eigenvalue weighted by molar-refractivity contribution is 7.99. The molecule has 1 aromatic rings. The number of carbonyl (C=O) groups is 1. The minimum Gasteiger partial charge on any atom is -0.481 e. The van der Waals surface area contributed by atoms with Crippen molar-refractivity contribution < 1.29 is 14.1 Å². The Morgan fingerprint density at radius 2 is 2.11 bits per heavy atom. The van der Waals surface area contributed by atoms with Gasteiger partial charge in [0.2, 0.25) is 5.95 Å². The Morgan fingerprint density at radius 1 is 1.44 bits per heavy atom. The van der Waals surface area contributed by atoms with E-state index >= 15 is 0 Å². The molecule has 7 nitrogen and oxygen atoms in total. The van der Waals surface area contributed by atoms with Gasteiger partial charge in [-0.15, -0.1) is 10.2 Å². The fourth-order valence-electron chi connectivity index (χ4n) is 1.67. The van der Waals surface area contributed by atoms with Gasteiger partial charge in [-0.2, -0.15) is 0 Å². The molecule has 0 aromatic carbocycles. The molecule has 0 atom stereocenters. The van der Waals surface area contributed by atoms with Crippen LogP contribution in [0.3, 0.4) is 0 Å². The summed E-state index contributed by atoms with van der Waals surface area (Å²) in [5.74, 6) is 1.09. The molecule has 0 unspecified atom stereocenters. The van der Waals surface area contributed by atoms with E-state index in [2.05, 4.69) is 10.2 Å². The zero-order valence-corrected chi connectivity index (χ0v) is 11.5. The number of anilines is 1. The molecule has 0 saturated carbocycles. The van der Waals surface area contributed by atoms with Gasteiger partial charge in [-0.3, -0.25) is 13.6 Å². The molecule has 18 heavy (non-hydrogen) atoms. The lowest BCUT2D eigenvalue weighted by atomic mass is 10.5. The van der Waals surface area contributed by atoms with Gasteiger partial charge in [0, 0.05) is 42.4 Å². The van der Waals surface area contributed by atoms with E-state index in [1.54, 1.807) is 4.57 Å². The average Bonchev–Trinajstić information content (AvgIpc) is 2.69. The highest BCUT2D eigenvalue weighted by Gasteiger charge is 2.21. The number of aromatic nitrogens is 3. The number of nitrogens with zero attached hydrogens (tertiary/aromatic N) is 4. The first-order valence-corrected chi connectivity index (χ1v) is 7.89. The molecular formula is C9H14N4O3S2. The van der Waals surface area contributed by atoms with Crippen LogP contribution in [0.4, 0.5) is 5.95 Å². The number of hydrogen-bond acceptors (Lipinski definition) is 6. The molecule has 0 bridgehead atoms. The van der Waals surface area contributed by atoms with Gasteiger partial charge in [0.1, 0.15) is 0 Å². The second kappa shape index (κ2) is 5.70. The number of rotatable bonds is 4. The van der Waals surface area contributed by atoms with Gasteiger partial charge in [-0.05, 0) is 0 Å². The van der Waals surface area contributed by atoms with Crippen LogP contribution in [-0.2, 0) is 22.6 Å². The molecule has 0 radical (unpaired) electrons. The minimum absolute atomic E-state index is 0.0318. The maximum absolute atomic E-state index is 11.3. The first-order valence-electron chi connectivity index (χ1n) is 5.42. The largest absolute Gasteiger partial charge is 0.481 e. The molecule has 0 spiro atoms. The van der Waals surface area contributed by atoms with Crippen molar-refractivity contribution in [3.05, 3.63) is 0 Å². The number of carboxylic acid groups (broad SMARTS) is 1. The topological polar surface area (TPSA) is 88.3 Å². The first kappa shape index (κ1) is 13.3. The molecule has 9 heteroatoms. The van der Waals surface area contributed by atoms with Crippen molar-refractivity contribution in [2.75, 3.05) is 35.2 Å². The summed E-state index contributed by atoms with van der Waals surface area (Å²) in [4.78, 5) is 12.5. The summed E-state index contributed by atoms with van der Waals surface area (Å²) in [6.45, 7) is 1.39. The van der Waals surface area contributed by atoms with Crippen LogP contribution < -0.4 is 4.90 Å². The molecule has 1 N–H and O–H groups in total. The van der Waals surface area contributed by atoms with E-state index in [1.807, 2.05) is 11.9 Å². The van der Waals surface area contributed by atoms with Crippen molar-refractivity contribution in [1.29, 1.82) is 0 Å². The summed E-state index contributed by atoms with van der Waals surface area (Å²) in [6, 6.07) is 0. The average molecular weight is 290 g/mol. The third-order valence-electron chi connectivity index (χ3n) is 2.60. The van der Waals surface area contributed by atoms with Gasteiger partial charge in [0.05, 0.1) is 5.75 Å². The smallest absolute Gasteiger partial charge is 0.313 e. The molecule has 0 aliphatic carbocycles. The first-order chi connectivity index (χ1) is 8.58. The Balaban J connectivity index is 2.05. The number of thioether (sulfide) groups is 1. The molecule has 1 saturated heterocycles. The van der Waals surface area contributed by atoms with Crippen molar-refractivity contribution >= 4 is 34.5 Å². The van der Waals surface area contributed by atoms with Crippen LogP contribution in [0.1, 0.15) is 0 Å². The van der Waals surface area contributed by atoms with Crippen LogP contribution in [0.5, 0.6) is 0 Å². The van der Waals surface area contributed by atoms with E-state index in [4.69, 9.17) is 5.11 Å². The SMILES string of the molecule is Cn1c(SCC(=O)O)nnc1N1CCS(=O)CC1. The van der Waals surface area contributed by atoms with Gasteiger partial charge in [-0.25, -0.2) is 0 Å². The standard InChI is InChI=1S/C9H14N4O3S2/c1-12-8(13-2-4-18(16)5-3-13)10-11-9(12)17-6-7(14)15/h2-6H2,1H3,(H,14,15). The van der Waals surface area contributed by atoms with Crippen molar-refractivity contribution in [2.45, 2.75) is 5.16 Å². The zero-order chi connectivity index (χ0) is 13.1. The number of carboxylic acids is 1. The van der Waals surface area contributed by atoms with Crippen LogP contribution in [0.15, 0.2) is 5.16 Å².